The fourth-order valence-electron chi connectivity index (χ4n) is 0.678. The van der Waals surface area contributed by atoms with Crippen LogP contribution in [0.25, 0.3) is 0 Å². The van der Waals surface area contributed by atoms with Gasteiger partial charge in [-0.15, -0.1) is 0 Å². The van der Waals surface area contributed by atoms with Gasteiger partial charge < -0.3 is 4.74 Å². The average molecular weight is 144 g/mol. The number of rotatable bonds is 1. The first-order valence-electron chi connectivity index (χ1n) is 2.73. The third kappa shape index (κ3) is 1.07. The van der Waals surface area contributed by atoms with E-state index in [-0.39, 0.29) is 5.75 Å². The predicted octanol–water partition coefficient (Wildman–Crippen LogP) is 1.97. The van der Waals surface area contributed by atoms with Crippen molar-refractivity contribution in [2.45, 2.75) is 0 Å². The SMILES string of the molecule is COc1c(F)cccc1F. The van der Waals surface area contributed by atoms with Crippen LogP contribution < -0.4 is 4.74 Å². The third-order valence-electron chi connectivity index (χ3n) is 1.12. The number of hydrogen-bond donors (Lipinski definition) is 0. The fourth-order valence-corrected chi connectivity index (χ4v) is 0.678. The summed E-state index contributed by atoms with van der Waals surface area (Å²) in [6.45, 7) is 0. The lowest BCUT2D eigenvalue weighted by Crippen LogP contribution is -1.90. The molecule has 0 heterocycles. The van der Waals surface area contributed by atoms with Gasteiger partial charge in [0.1, 0.15) is 0 Å². The standard InChI is InChI=1S/C7H6F2O/c1-10-7-5(8)3-2-4-6(7)9/h2-4H,1H3. The van der Waals surface area contributed by atoms with Gasteiger partial charge in [-0.2, -0.15) is 0 Å². The van der Waals surface area contributed by atoms with E-state index in [9.17, 15) is 8.78 Å². The summed E-state index contributed by atoms with van der Waals surface area (Å²) in [6, 6.07) is 3.57. The van der Waals surface area contributed by atoms with Crippen molar-refractivity contribution >= 4 is 0 Å². The van der Waals surface area contributed by atoms with Gasteiger partial charge in [-0.05, 0) is 12.1 Å². The van der Waals surface area contributed by atoms with Crippen LogP contribution in [0.2, 0.25) is 0 Å². The maximum Gasteiger partial charge on any atom is 0.190 e. The molecule has 0 spiro atoms. The minimum atomic E-state index is -0.678. The highest BCUT2D eigenvalue weighted by atomic mass is 19.1. The number of halogens is 2. The van der Waals surface area contributed by atoms with Crippen LogP contribution in [0.15, 0.2) is 18.2 Å². The van der Waals surface area contributed by atoms with Gasteiger partial charge in [-0.1, -0.05) is 6.07 Å². The zero-order chi connectivity index (χ0) is 7.56. The molecule has 0 amide bonds. The monoisotopic (exact) mass is 144 g/mol. The highest BCUT2D eigenvalue weighted by molar-refractivity contribution is 5.25. The highest BCUT2D eigenvalue weighted by Gasteiger charge is 2.05. The van der Waals surface area contributed by atoms with Crippen LogP contribution in [-0.4, -0.2) is 7.11 Å². The second-order valence-electron chi connectivity index (χ2n) is 1.75. The molecule has 10 heavy (non-hydrogen) atoms. The molecule has 1 aromatic carbocycles. The lowest BCUT2D eigenvalue weighted by atomic mass is 10.3. The lowest BCUT2D eigenvalue weighted by Gasteiger charge is -2.00. The molecule has 0 fully saturated rings. The van der Waals surface area contributed by atoms with Crippen molar-refractivity contribution in [3.05, 3.63) is 29.8 Å². The molecular formula is C7H6F2O. The Morgan fingerprint density at radius 1 is 1.20 bits per heavy atom. The molecule has 3 heteroatoms. The number of hydrogen-bond acceptors (Lipinski definition) is 1. The van der Waals surface area contributed by atoms with E-state index < -0.39 is 11.6 Å². The molecule has 0 aliphatic rings. The Balaban J connectivity index is 3.17. The van der Waals surface area contributed by atoms with E-state index in [4.69, 9.17) is 0 Å². The number of ether oxygens (including phenoxy) is 1. The van der Waals surface area contributed by atoms with Gasteiger partial charge >= 0.3 is 0 Å². The first kappa shape index (κ1) is 6.99. The normalized spacial score (nSPS) is 9.50. The minimum absolute atomic E-state index is 0.331. The molecule has 0 atom stereocenters. The molecule has 0 saturated heterocycles. The Bertz CT molecular complexity index is 215. The van der Waals surface area contributed by atoms with E-state index in [0.29, 0.717) is 0 Å². The van der Waals surface area contributed by atoms with Crippen molar-refractivity contribution < 1.29 is 13.5 Å². The summed E-state index contributed by atoms with van der Waals surface area (Å²) in [6.07, 6.45) is 0. The Morgan fingerprint density at radius 3 is 2.00 bits per heavy atom. The van der Waals surface area contributed by atoms with Crippen molar-refractivity contribution in [1.82, 2.24) is 0 Å². The van der Waals surface area contributed by atoms with Crippen LogP contribution in [0.1, 0.15) is 0 Å². The Labute approximate surface area is 57.2 Å². The van der Waals surface area contributed by atoms with Gasteiger partial charge in [0.25, 0.3) is 0 Å². The summed E-state index contributed by atoms with van der Waals surface area (Å²) in [5.74, 6) is -1.69. The van der Waals surface area contributed by atoms with Crippen molar-refractivity contribution in [3.63, 3.8) is 0 Å². The Morgan fingerprint density at radius 2 is 1.70 bits per heavy atom. The molecule has 0 N–H and O–H groups in total. The first-order chi connectivity index (χ1) is 4.75. The lowest BCUT2D eigenvalue weighted by molar-refractivity contribution is 0.360. The zero-order valence-electron chi connectivity index (χ0n) is 5.40. The Hall–Kier alpha value is -1.12. The van der Waals surface area contributed by atoms with Crippen LogP contribution in [-0.2, 0) is 0 Å². The Kier molecular flexibility index (Phi) is 1.85. The van der Waals surface area contributed by atoms with Crippen molar-refractivity contribution in [2.75, 3.05) is 7.11 Å². The predicted molar refractivity (Wildman–Crippen MR) is 32.9 cm³/mol. The molecule has 0 radical (unpaired) electrons. The molecule has 54 valence electrons. The summed E-state index contributed by atoms with van der Waals surface area (Å²) in [5, 5.41) is 0. The smallest absolute Gasteiger partial charge is 0.190 e. The summed E-state index contributed by atoms with van der Waals surface area (Å²) < 4.78 is 29.4. The highest BCUT2D eigenvalue weighted by Crippen LogP contribution is 2.19. The average Bonchev–Trinajstić information content (AvgIpc) is 1.88. The van der Waals surface area contributed by atoms with Crippen LogP contribution in [0.3, 0.4) is 0 Å². The van der Waals surface area contributed by atoms with E-state index in [0.717, 1.165) is 12.1 Å². The molecule has 0 aromatic heterocycles. The van der Waals surface area contributed by atoms with E-state index in [1.807, 2.05) is 0 Å². The minimum Gasteiger partial charge on any atom is -0.491 e. The van der Waals surface area contributed by atoms with E-state index in [2.05, 4.69) is 4.74 Å². The molecule has 0 unspecified atom stereocenters. The quantitative estimate of drug-likeness (QED) is 0.585. The van der Waals surface area contributed by atoms with E-state index in [1.165, 1.54) is 13.2 Å². The van der Waals surface area contributed by atoms with Gasteiger partial charge in [-0.25, -0.2) is 8.78 Å². The first-order valence-corrected chi connectivity index (χ1v) is 2.73. The van der Waals surface area contributed by atoms with Gasteiger partial charge in [0.15, 0.2) is 17.4 Å². The van der Waals surface area contributed by atoms with E-state index >= 15 is 0 Å². The summed E-state index contributed by atoms with van der Waals surface area (Å²) in [5.41, 5.74) is 0. The summed E-state index contributed by atoms with van der Waals surface area (Å²) >= 11 is 0. The maximum atomic E-state index is 12.5. The topological polar surface area (TPSA) is 9.23 Å². The molecule has 0 saturated carbocycles. The van der Waals surface area contributed by atoms with Crippen molar-refractivity contribution in [3.8, 4) is 5.75 Å². The molecule has 1 rings (SSSR count). The molecule has 1 nitrogen and oxygen atoms in total. The molecule has 1 aromatic rings. The van der Waals surface area contributed by atoms with Crippen LogP contribution >= 0.6 is 0 Å². The van der Waals surface area contributed by atoms with Crippen molar-refractivity contribution in [2.24, 2.45) is 0 Å². The second kappa shape index (κ2) is 2.64. The number of methoxy groups -OCH3 is 1. The molecular weight excluding hydrogens is 138 g/mol. The molecule has 0 aliphatic heterocycles. The fraction of sp³-hybridized carbons (Fsp3) is 0.143. The van der Waals surface area contributed by atoms with E-state index in [1.54, 1.807) is 0 Å². The van der Waals surface area contributed by atoms with Crippen LogP contribution in [0, 0.1) is 11.6 Å². The largest absolute Gasteiger partial charge is 0.491 e. The molecule has 0 bridgehead atoms. The van der Waals surface area contributed by atoms with Gasteiger partial charge in [0.05, 0.1) is 7.11 Å². The van der Waals surface area contributed by atoms with Crippen LogP contribution in [0.4, 0.5) is 8.78 Å². The summed E-state index contributed by atoms with van der Waals surface area (Å²) in [4.78, 5) is 0. The van der Waals surface area contributed by atoms with Crippen LogP contribution in [0.5, 0.6) is 5.75 Å². The van der Waals surface area contributed by atoms with Gasteiger partial charge in [0.2, 0.25) is 0 Å². The maximum absolute atomic E-state index is 12.5. The molecule has 0 aliphatic carbocycles. The number of para-hydroxylation sites is 1. The third-order valence-corrected chi connectivity index (χ3v) is 1.12. The number of benzene rings is 1. The van der Waals surface area contributed by atoms with Crippen molar-refractivity contribution in [1.29, 1.82) is 0 Å². The second-order valence-corrected chi connectivity index (χ2v) is 1.75. The van der Waals surface area contributed by atoms with Gasteiger partial charge in [-0.3, -0.25) is 0 Å². The summed E-state index contributed by atoms with van der Waals surface area (Å²) in [7, 11) is 1.22. The zero-order valence-corrected chi connectivity index (χ0v) is 5.40. The van der Waals surface area contributed by atoms with Gasteiger partial charge in [0, 0.05) is 0 Å².